The number of hydrogen-bond donors (Lipinski definition) is 0. The Kier molecular flexibility index (Phi) is 2.71. The quantitative estimate of drug-likeness (QED) is 0.728. The third-order valence-electron chi connectivity index (χ3n) is 4.75. The summed E-state index contributed by atoms with van der Waals surface area (Å²) in [6, 6.07) is 9.59. The number of carbonyl (C=O) groups excluding carboxylic acids is 1. The molecular formula is C18H16N4O2. The van der Waals surface area contributed by atoms with Gasteiger partial charge in [0.2, 0.25) is 0 Å². The maximum atomic E-state index is 12.6. The number of aromatic nitrogens is 3. The number of rotatable bonds is 2. The minimum atomic E-state index is 0.0106. The first kappa shape index (κ1) is 13.5. The summed E-state index contributed by atoms with van der Waals surface area (Å²) < 4.78 is 7.52. The Morgan fingerprint density at radius 2 is 2.08 bits per heavy atom. The van der Waals surface area contributed by atoms with Crippen LogP contribution in [0.3, 0.4) is 0 Å². The molecule has 1 amide bonds. The largest absolute Gasteiger partial charge is 0.354 e. The lowest BCUT2D eigenvalue weighted by Crippen LogP contribution is -2.25. The normalized spacial score (nSPS) is 16.7. The number of benzene rings is 1. The van der Waals surface area contributed by atoms with Crippen LogP contribution in [0.15, 0.2) is 41.2 Å². The van der Waals surface area contributed by atoms with Gasteiger partial charge in [-0.3, -0.25) is 9.36 Å². The van der Waals surface area contributed by atoms with Crippen molar-refractivity contribution in [3.63, 3.8) is 0 Å². The second-order valence-electron chi connectivity index (χ2n) is 6.48. The van der Waals surface area contributed by atoms with Crippen LogP contribution in [0.2, 0.25) is 0 Å². The molecule has 5 rings (SSSR count). The number of amides is 1. The molecule has 24 heavy (non-hydrogen) atoms. The SMILES string of the molecule is CN1Cc2c(-c3cc(C4CC4)no3)ncn2-c2ccccc2C1=O. The monoisotopic (exact) mass is 320 g/mol. The molecular weight excluding hydrogens is 304 g/mol. The van der Waals surface area contributed by atoms with E-state index in [4.69, 9.17) is 4.52 Å². The van der Waals surface area contributed by atoms with Gasteiger partial charge >= 0.3 is 0 Å². The third-order valence-corrected chi connectivity index (χ3v) is 4.75. The van der Waals surface area contributed by atoms with Crippen LogP contribution in [0.5, 0.6) is 0 Å². The summed E-state index contributed by atoms with van der Waals surface area (Å²) in [6.45, 7) is 0.475. The van der Waals surface area contributed by atoms with Crippen molar-refractivity contribution < 1.29 is 9.32 Å². The van der Waals surface area contributed by atoms with Crippen LogP contribution in [-0.2, 0) is 6.54 Å². The maximum Gasteiger partial charge on any atom is 0.256 e. The first-order valence-corrected chi connectivity index (χ1v) is 8.10. The molecule has 3 aromatic rings. The van der Waals surface area contributed by atoms with E-state index in [9.17, 15) is 4.79 Å². The molecule has 2 aromatic heterocycles. The highest BCUT2D eigenvalue weighted by Gasteiger charge is 2.30. The van der Waals surface area contributed by atoms with E-state index < -0.39 is 0 Å². The van der Waals surface area contributed by atoms with Crippen LogP contribution < -0.4 is 0 Å². The van der Waals surface area contributed by atoms with Gasteiger partial charge in [-0.25, -0.2) is 4.98 Å². The third kappa shape index (κ3) is 1.92. The molecule has 1 aliphatic heterocycles. The molecule has 0 N–H and O–H groups in total. The van der Waals surface area contributed by atoms with Crippen LogP contribution in [-0.4, -0.2) is 32.6 Å². The number of fused-ring (bicyclic) bond motifs is 3. The van der Waals surface area contributed by atoms with Gasteiger partial charge in [0.15, 0.2) is 5.76 Å². The lowest BCUT2D eigenvalue weighted by Gasteiger charge is -2.14. The highest BCUT2D eigenvalue weighted by atomic mass is 16.5. The number of carbonyl (C=O) groups is 1. The summed E-state index contributed by atoms with van der Waals surface area (Å²) in [5.41, 5.74) is 4.23. The predicted molar refractivity (Wildman–Crippen MR) is 86.8 cm³/mol. The zero-order chi connectivity index (χ0) is 16.3. The average molecular weight is 320 g/mol. The molecule has 1 aromatic carbocycles. The van der Waals surface area contributed by atoms with Crippen LogP contribution in [0.1, 0.15) is 40.5 Å². The van der Waals surface area contributed by atoms with Crippen molar-refractivity contribution in [1.82, 2.24) is 19.6 Å². The van der Waals surface area contributed by atoms with E-state index in [0.717, 1.165) is 22.8 Å². The van der Waals surface area contributed by atoms with Gasteiger partial charge in [-0.1, -0.05) is 17.3 Å². The fourth-order valence-corrected chi connectivity index (χ4v) is 3.28. The number of para-hydroxylation sites is 1. The van der Waals surface area contributed by atoms with Gasteiger partial charge in [0.25, 0.3) is 5.91 Å². The molecule has 0 radical (unpaired) electrons. The number of hydrogen-bond acceptors (Lipinski definition) is 4. The first-order valence-electron chi connectivity index (χ1n) is 8.10. The lowest BCUT2D eigenvalue weighted by molar-refractivity contribution is 0.0788. The summed E-state index contributed by atoms with van der Waals surface area (Å²) in [5.74, 6) is 1.22. The molecule has 1 aliphatic carbocycles. The zero-order valence-electron chi connectivity index (χ0n) is 13.3. The van der Waals surface area contributed by atoms with Gasteiger partial charge in [-0.2, -0.15) is 0 Å². The highest BCUT2D eigenvalue weighted by Crippen LogP contribution is 2.41. The predicted octanol–water partition coefficient (Wildman–Crippen LogP) is 2.99. The number of imidazole rings is 1. The standard InChI is InChI=1S/C18H16N4O2/c1-21-9-15-17(16-8-13(20-24-16)11-6-7-11)19-10-22(15)14-5-3-2-4-12(14)18(21)23/h2-5,8,10-11H,6-7,9H2,1H3. The fraction of sp³-hybridized carbons (Fsp3) is 0.278. The van der Waals surface area contributed by atoms with Crippen molar-refractivity contribution in [2.45, 2.75) is 25.3 Å². The van der Waals surface area contributed by atoms with E-state index in [-0.39, 0.29) is 5.91 Å². The molecule has 0 unspecified atom stereocenters. The van der Waals surface area contributed by atoms with E-state index >= 15 is 0 Å². The Morgan fingerprint density at radius 3 is 2.92 bits per heavy atom. The highest BCUT2D eigenvalue weighted by molar-refractivity contribution is 5.98. The molecule has 6 heteroatoms. The molecule has 0 saturated heterocycles. The Morgan fingerprint density at radius 1 is 1.25 bits per heavy atom. The van der Waals surface area contributed by atoms with E-state index in [1.54, 1.807) is 11.2 Å². The van der Waals surface area contributed by atoms with Crippen molar-refractivity contribution in [2.75, 3.05) is 7.05 Å². The van der Waals surface area contributed by atoms with Gasteiger partial charge < -0.3 is 9.42 Å². The Bertz CT molecular complexity index is 952. The summed E-state index contributed by atoms with van der Waals surface area (Å²) in [7, 11) is 1.81. The number of nitrogens with zero attached hydrogens (tertiary/aromatic N) is 4. The van der Waals surface area contributed by atoms with E-state index in [0.29, 0.717) is 23.8 Å². The van der Waals surface area contributed by atoms with Crippen molar-refractivity contribution in [3.05, 3.63) is 53.6 Å². The van der Waals surface area contributed by atoms with Gasteiger partial charge in [-0.05, 0) is 25.0 Å². The van der Waals surface area contributed by atoms with E-state index in [2.05, 4.69) is 10.1 Å². The minimum Gasteiger partial charge on any atom is -0.354 e. The van der Waals surface area contributed by atoms with Crippen LogP contribution in [0, 0.1) is 0 Å². The van der Waals surface area contributed by atoms with Crippen LogP contribution >= 0.6 is 0 Å². The van der Waals surface area contributed by atoms with Gasteiger partial charge in [0, 0.05) is 19.0 Å². The molecule has 6 nitrogen and oxygen atoms in total. The van der Waals surface area contributed by atoms with Crippen molar-refractivity contribution in [3.8, 4) is 17.1 Å². The summed E-state index contributed by atoms with van der Waals surface area (Å²) in [6.07, 6.45) is 4.12. The Balaban J connectivity index is 1.67. The van der Waals surface area contributed by atoms with Crippen LogP contribution in [0.25, 0.3) is 17.1 Å². The summed E-state index contributed by atoms with van der Waals surface area (Å²) >= 11 is 0. The second kappa shape index (κ2) is 4.80. The lowest BCUT2D eigenvalue weighted by atomic mass is 10.1. The van der Waals surface area contributed by atoms with Gasteiger partial charge in [0.1, 0.15) is 12.0 Å². The van der Waals surface area contributed by atoms with Gasteiger partial charge in [-0.15, -0.1) is 0 Å². The van der Waals surface area contributed by atoms with Crippen molar-refractivity contribution in [2.24, 2.45) is 0 Å². The molecule has 1 fully saturated rings. The fourth-order valence-electron chi connectivity index (χ4n) is 3.28. The maximum absolute atomic E-state index is 12.6. The molecule has 0 bridgehead atoms. The topological polar surface area (TPSA) is 64.2 Å². The summed E-state index contributed by atoms with van der Waals surface area (Å²) in [4.78, 5) is 18.9. The molecule has 0 atom stereocenters. The van der Waals surface area contributed by atoms with Crippen molar-refractivity contribution >= 4 is 5.91 Å². The molecule has 0 spiro atoms. The van der Waals surface area contributed by atoms with Crippen LogP contribution in [0.4, 0.5) is 0 Å². The van der Waals surface area contributed by atoms with Crippen molar-refractivity contribution in [1.29, 1.82) is 0 Å². The first-order chi connectivity index (χ1) is 11.7. The molecule has 2 aliphatic rings. The minimum absolute atomic E-state index is 0.0106. The van der Waals surface area contributed by atoms with E-state index in [1.807, 2.05) is 41.9 Å². The smallest absolute Gasteiger partial charge is 0.256 e. The van der Waals surface area contributed by atoms with E-state index in [1.165, 1.54) is 12.8 Å². The summed E-state index contributed by atoms with van der Waals surface area (Å²) in [5, 5.41) is 4.18. The molecule has 120 valence electrons. The second-order valence-corrected chi connectivity index (χ2v) is 6.48. The molecule has 1 saturated carbocycles. The molecule has 3 heterocycles. The Hall–Kier alpha value is -2.89. The van der Waals surface area contributed by atoms with Gasteiger partial charge in [0.05, 0.1) is 29.2 Å². The zero-order valence-corrected chi connectivity index (χ0v) is 13.3. The Labute approximate surface area is 138 Å². The average Bonchev–Trinajstić information content (AvgIpc) is 3.22.